The van der Waals surface area contributed by atoms with Gasteiger partial charge in [0.25, 0.3) is 0 Å². The minimum Gasteiger partial charge on any atom is -0.233 e. The molecule has 0 spiro atoms. The third kappa shape index (κ3) is 3.46. The number of rotatable bonds is 0. The maximum Gasteiger partial charge on any atom is 0.147 e. The standard InChI is InChI=1S/C6H6.C3H6N4/c1-2-4-6-5-3-1;1-3-4-5-6-7(3)2/h1-6H;1-2H3. The van der Waals surface area contributed by atoms with Gasteiger partial charge >= 0.3 is 0 Å². The average molecular weight is 176 g/mol. The lowest BCUT2D eigenvalue weighted by Gasteiger charge is -1.81. The van der Waals surface area contributed by atoms with Gasteiger partial charge in [-0.3, -0.25) is 0 Å². The quantitative estimate of drug-likeness (QED) is 0.606. The maximum atomic E-state index is 3.62. The van der Waals surface area contributed by atoms with Crippen molar-refractivity contribution >= 4 is 0 Å². The second-order valence-corrected chi connectivity index (χ2v) is 2.50. The van der Waals surface area contributed by atoms with Gasteiger partial charge in [-0.15, -0.1) is 5.10 Å². The number of hydrogen-bond acceptors (Lipinski definition) is 3. The summed E-state index contributed by atoms with van der Waals surface area (Å²) in [5.41, 5.74) is 0. The Morgan fingerprint density at radius 1 is 1.00 bits per heavy atom. The van der Waals surface area contributed by atoms with E-state index in [0.29, 0.717) is 0 Å². The molecule has 0 N–H and O–H groups in total. The second-order valence-electron chi connectivity index (χ2n) is 2.50. The van der Waals surface area contributed by atoms with Crippen LogP contribution in [-0.2, 0) is 7.05 Å². The largest absolute Gasteiger partial charge is 0.233 e. The highest BCUT2D eigenvalue weighted by Crippen LogP contribution is 1.80. The van der Waals surface area contributed by atoms with Crippen LogP contribution in [0, 0.1) is 6.92 Å². The summed E-state index contributed by atoms with van der Waals surface area (Å²) in [7, 11) is 1.80. The van der Waals surface area contributed by atoms with Gasteiger partial charge in [0.1, 0.15) is 5.82 Å². The van der Waals surface area contributed by atoms with E-state index >= 15 is 0 Å². The van der Waals surface area contributed by atoms with Crippen LogP contribution in [0.5, 0.6) is 0 Å². The summed E-state index contributed by atoms with van der Waals surface area (Å²) in [5, 5.41) is 10.6. The summed E-state index contributed by atoms with van der Waals surface area (Å²) in [6, 6.07) is 12.0. The van der Waals surface area contributed by atoms with Gasteiger partial charge in [0.05, 0.1) is 0 Å². The highest BCUT2D eigenvalue weighted by molar-refractivity contribution is 4.99. The zero-order valence-electron chi connectivity index (χ0n) is 7.75. The van der Waals surface area contributed by atoms with Crippen LogP contribution in [0.3, 0.4) is 0 Å². The van der Waals surface area contributed by atoms with Crippen molar-refractivity contribution < 1.29 is 0 Å². The molecule has 0 saturated heterocycles. The monoisotopic (exact) mass is 176 g/mol. The van der Waals surface area contributed by atoms with Gasteiger partial charge in [0.15, 0.2) is 0 Å². The lowest BCUT2D eigenvalue weighted by atomic mass is 10.4. The van der Waals surface area contributed by atoms with E-state index in [2.05, 4.69) is 15.5 Å². The first-order chi connectivity index (χ1) is 6.30. The molecule has 0 aliphatic rings. The van der Waals surface area contributed by atoms with Gasteiger partial charge in [-0.05, 0) is 17.4 Å². The van der Waals surface area contributed by atoms with Gasteiger partial charge in [0, 0.05) is 7.05 Å². The normalized spacial score (nSPS) is 8.77. The molecule has 0 unspecified atom stereocenters. The molecule has 1 aromatic carbocycles. The number of aryl methyl sites for hydroxylation is 2. The Bertz CT molecular complexity index is 285. The van der Waals surface area contributed by atoms with Crippen molar-refractivity contribution in [2.24, 2.45) is 7.05 Å². The van der Waals surface area contributed by atoms with Gasteiger partial charge in [0.2, 0.25) is 0 Å². The molecular formula is C9H12N4. The van der Waals surface area contributed by atoms with Crippen LogP contribution < -0.4 is 0 Å². The Morgan fingerprint density at radius 3 is 1.62 bits per heavy atom. The molecule has 2 aromatic rings. The van der Waals surface area contributed by atoms with Gasteiger partial charge in [-0.1, -0.05) is 36.4 Å². The highest BCUT2D eigenvalue weighted by Gasteiger charge is 1.87. The lowest BCUT2D eigenvalue weighted by Crippen LogP contribution is -1.92. The van der Waals surface area contributed by atoms with Crippen LogP contribution in [-0.4, -0.2) is 20.2 Å². The van der Waals surface area contributed by atoms with Crippen LogP contribution in [0.15, 0.2) is 36.4 Å². The fraction of sp³-hybridized carbons (Fsp3) is 0.222. The minimum absolute atomic E-state index is 0.833. The molecule has 0 fully saturated rings. The van der Waals surface area contributed by atoms with E-state index in [-0.39, 0.29) is 0 Å². The first-order valence-electron chi connectivity index (χ1n) is 3.99. The number of hydrogen-bond donors (Lipinski definition) is 0. The SMILES string of the molecule is Cc1nnnn1C.c1ccccc1. The molecule has 1 aromatic heterocycles. The second kappa shape index (κ2) is 5.03. The van der Waals surface area contributed by atoms with Crippen molar-refractivity contribution in [2.75, 3.05) is 0 Å². The summed E-state index contributed by atoms with van der Waals surface area (Å²) in [6.07, 6.45) is 0. The third-order valence-corrected chi connectivity index (χ3v) is 1.50. The molecule has 68 valence electrons. The first kappa shape index (κ1) is 9.38. The first-order valence-corrected chi connectivity index (χ1v) is 3.99. The Hall–Kier alpha value is -1.71. The van der Waals surface area contributed by atoms with E-state index in [1.165, 1.54) is 0 Å². The van der Waals surface area contributed by atoms with E-state index in [4.69, 9.17) is 0 Å². The van der Waals surface area contributed by atoms with Crippen molar-refractivity contribution in [3.05, 3.63) is 42.2 Å². The van der Waals surface area contributed by atoms with E-state index in [1.807, 2.05) is 43.3 Å². The molecule has 0 atom stereocenters. The van der Waals surface area contributed by atoms with Crippen molar-refractivity contribution in [1.82, 2.24) is 20.2 Å². The summed E-state index contributed by atoms with van der Waals surface area (Å²) in [4.78, 5) is 0. The Balaban J connectivity index is 0.000000132. The van der Waals surface area contributed by atoms with E-state index in [9.17, 15) is 0 Å². The van der Waals surface area contributed by atoms with Gasteiger partial charge in [-0.25, -0.2) is 4.68 Å². The van der Waals surface area contributed by atoms with Crippen molar-refractivity contribution in [1.29, 1.82) is 0 Å². The molecule has 1 heterocycles. The summed E-state index contributed by atoms with van der Waals surface area (Å²) in [6.45, 7) is 1.85. The molecule has 0 aliphatic heterocycles. The molecule has 0 bridgehead atoms. The number of aromatic nitrogens is 4. The van der Waals surface area contributed by atoms with Crippen LogP contribution in [0.25, 0.3) is 0 Å². The number of benzene rings is 1. The molecular weight excluding hydrogens is 164 g/mol. The van der Waals surface area contributed by atoms with Crippen molar-refractivity contribution in [3.63, 3.8) is 0 Å². The fourth-order valence-corrected chi connectivity index (χ4v) is 0.659. The zero-order chi connectivity index (χ0) is 9.52. The van der Waals surface area contributed by atoms with Gasteiger partial charge in [-0.2, -0.15) is 0 Å². The molecule has 13 heavy (non-hydrogen) atoms. The smallest absolute Gasteiger partial charge is 0.147 e. The molecule has 2 rings (SSSR count). The molecule has 0 amide bonds. The number of tetrazole rings is 1. The van der Waals surface area contributed by atoms with E-state index < -0.39 is 0 Å². The summed E-state index contributed by atoms with van der Waals surface area (Å²) in [5.74, 6) is 0.833. The van der Waals surface area contributed by atoms with E-state index in [0.717, 1.165) is 5.82 Å². The predicted molar refractivity (Wildman–Crippen MR) is 50.0 cm³/mol. The maximum absolute atomic E-state index is 3.62. The summed E-state index contributed by atoms with van der Waals surface area (Å²) < 4.78 is 1.61. The fourth-order valence-electron chi connectivity index (χ4n) is 0.659. The molecule has 0 radical (unpaired) electrons. The minimum atomic E-state index is 0.833. The topological polar surface area (TPSA) is 43.6 Å². The van der Waals surface area contributed by atoms with Crippen LogP contribution >= 0.6 is 0 Å². The van der Waals surface area contributed by atoms with Crippen molar-refractivity contribution in [3.8, 4) is 0 Å². The van der Waals surface area contributed by atoms with Crippen molar-refractivity contribution in [2.45, 2.75) is 6.92 Å². The number of nitrogens with zero attached hydrogens (tertiary/aromatic N) is 4. The molecule has 4 heteroatoms. The molecule has 4 nitrogen and oxygen atoms in total. The van der Waals surface area contributed by atoms with Gasteiger partial charge < -0.3 is 0 Å². The highest BCUT2D eigenvalue weighted by atomic mass is 15.5. The predicted octanol–water partition coefficient (Wildman–Crippen LogP) is 1.21. The Labute approximate surface area is 77.2 Å². The van der Waals surface area contributed by atoms with E-state index in [1.54, 1.807) is 11.7 Å². The lowest BCUT2D eigenvalue weighted by molar-refractivity contribution is 0.695. The zero-order valence-corrected chi connectivity index (χ0v) is 7.75. The molecule has 0 saturated carbocycles. The van der Waals surface area contributed by atoms with Crippen LogP contribution in [0.1, 0.15) is 5.82 Å². The third-order valence-electron chi connectivity index (χ3n) is 1.50. The summed E-state index contributed by atoms with van der Waals surface area (Å²) >= 11 is 0. The Morgan fingerprint density at radius 2 is 1.46 bits per heavy atom. The van der Waals surface area contributed by atoms with Crippen LogP contribution in [0.2, 0.25) is 0 Å². The van der Waals surface area contributed by atoms with Crippen LogP contribution in [0.4, 0.5) is 0 Å². The average Bonchev–Trinajstić information content (AvgIpc) is 2.55. The molecule has 0 aliphatic carbocycles. The Kier molecular flexibility index (Phi) is 3.63.